The van der Waals surface area contributed by atoms with Gasteiger partial charge in [-0.15, -0.1) is 0 Å². The second kappa shape index (κ2) is 3.69. The standard InChI is InChI=1S/C9H6BrNO4S/c10-5-3-6-8(16(13,14)15)2-1-7(12)9(6)11-4-5/h1-4,12H,(H,13,14,15). The highest BCUT2D eigenvalue weighted by Crippen LogP contribution is 2.30. The Morgan fingerprint density at radius 1 is 1.31 bits per heavy atom. The quantitative estimate of drug-likeness (QED) is 0.786. The van der Waals surface area contributed by atoms with Gasteiger partial charge in [0.15, 0.2) is 0 Å². The van der Waals surface area contributed by atoms with Crippen LogP contribution in [-0.4, -0.2) is 23.1 Å². The van der Waals surface area contributed by atoms with Gasteiger partial charge in [0, 0.05) is 16.1 Å². The minimum atomic E-state index is -4.33. The Morgan fingerprint density at radius 2 is 2.00 bits per heavy atom. The largest absolute Gasteiger partial charge is 0.506 e. The zero-order valence-corrected chi connectivity index (χ0v) is 10.2. The molecule has 0 aliphatic rings. The van der Waals surface area contributed by atoms with Gasteiger partial charge in [-0.1, -0.05) is 0 Å². The van der Waals surface area contributed by atoms with Crippen molar-refractivity contribution in [2.24, 2.45) is 0 Å². The molecule has 5 nitrogen and oxygen atoms in total. The van der Waals surface area contributed by atoms with Crippen LogP contribution < -0.4 is 0 Å². The highest BCUT2D eigenvalue weighted by molar-refractivity contribution is 9.10. The second-order valence-corrected chi connectivity index (χ2v) is 5.41. The molecule has 0 saturated heterocycles. The molecule has 0 aliphatic carbocycles. The lowest BCUT2D eigenvalue weighted by molar-refractivity contribution is 0.478. The second-order valence-electron chi connectivity index (χ2n) is 3.11. The average Bonchev–Trinajstić information content (AvgIpc) is 2.15. The van der Waals surface area contributed by atoms with Gasteiger partial charge in [-0.2, -0.15) is 8.42 Å². The normalized spacial score (nSPS) is 11.9. The number of aromatic hydroxyl groups is 1. The number of aromatic nitrogens is 1. The first kappa shape index (κ1) is 11.3. The van der Waals surface area contributed by atoms with Crippen LogP contribution >= 0.6 is 15.9 Å². The molecule has 2 rings (SSSR count). The maximum absolute atomic E-state index is 11.1. The third-order valence-electron chi connectivity index (χ3n) is 2.03. The highest BCUT2D eigenvalue weighted by Gasteiger charge is 2.16. The molecule has 0 bridgehead atoms. The van der Waals surface area contributed by atoms with E-state index in [2.05, 4.69) is 20.9 Å². The first-order chi connectivity index (χ1) is 7.39. The Kier molecular flexibility index (Phi) is 2.61. The van der Waals surface area contributed by atoms with E-state index in [0.29, 0.717) is 4.47 Å². The number of hydrogen-bond acceptors (Lipinski definition) is 4. The Morgan fingerprint density at radius 3 is 2.62 bits per heavy atom. The van der Waals surface area contributed by atoms with Gasteiger partial charge in [-0.3, -0.25) is 9.54 Å². The van der Waals surface area contributed by atoms with Gasteiger partial charge in [0.1, 0.15) is 16.2 Å². The molecule has 0 radical (unpaired) electrons. The summed E-state index contributed by atoms with van der Waals surface area (Å²) in [6.45, 7) is 0. The summed E-state index contributed by atoms with van der Waals surface area (Å²) in [5, 5.41) is 9.66. The van der Waals surface area contributed by atoms with Crippen LogP contribution in [0.4, 0.5) is 0 Å². The lowest BCUT2D eigenvalue weighted by atomic mass is 10.2. The molecule has 0 spiro atoms. The van der Waals surface area contributed by atoms with Crippen LogP contribution in [-0.2, 0) is 10.1 Å². The third-order valence-corrected chi connectivity index (χ3v) is 3.38. The first-order valence-electron chi connectivity index (χ1n) is 4.14. The smallest absolute Gasteiger partial charge is 0.295 e. The van der Waals surface area contributed by atoms with Gasteiger partial charge in [0.2, 0.25) is 0 Å². The van der Waals surface area contributed by atoms with Crippen LogP contribution in [0, 0.1) is 0 Å². The van der Waals surface area contributed by atoms with Crippen molar-refractivity contribution >= 4 is 37.0 Å². The van der Waals surface area contributed by atoms with Gasteiger partial charge in [-0.25, -0.2) is 0 Å². The van der Waals surface area contributed by atoms with Gasteiger partial charge in [0.25, 0.3) is 10.1 Å². The van der Waals surface area contributed by atoms with Crippen molar-refractivity contribution in [1.29, 1.82) is 0 Å². The summed E-state index contributed by atoms with van der Waals surface area (Å²) < 4.78 is 31.8. The number of nitrogens with zero attached hydrogens (tertiary/aromatic N) is 1. The van der Waals surface area contributed by atoms with E-state index in [0.717, 1.165) is 6.07 Å². The lowest BCUT2D eigenvalue weighted by Crippen LogP contribution is -1.99. The summed E-state index contributed by atoms with van der Waals surface area (Å²) in [5.74, 6) is -0.144. The fraction of sp³-hybridized carbons (Fsp3) is 0. The zero-order chi connectivity index (χ0) is 11.9. The van der Waals surface area contributed by atoms with Crippen LogP contribution in [0.2, 0.25) is 0 Å². The molecule has 7 heteroatoms. The Balaban J connectivity index is 2.98. The van der Waals surface area contributed by atoms with Crippen molar-refractivity contribution in [2.45, 2.75) is 4.90 Å². The van der Waals surface area contributed by atoms with Crippen molar-refractivity contribution in [3.8, 4) is 5.75 Å². The van der Waals surface area contributed by atoms with Gasteiger partial charge in [-0.05, 0) is 34.1 Å². The van der Waals surface area contributed by atoms with Crippen LogP contribution in [0.15, 0.2) is 33.8 Å². The van der Waals surface area contributed by atoms with Gasteiger partial charge >= 0.3 is 0 Å². The summed E-state index contributed by atoms with van der Waals surface area (Å²) in [5.41, 5.74) is 0.123. The minimum Gasteiger partial charge on any atom is -0.506 e. The molecule has 0 unspecified atom stereocenters. The molecule has 2 N–H and O–H groups in total. The van der Waals surface area contributed by atoms with Crippen molar-refractivity contribution in [2.75, 3.05) is 0 Å². The van der Waals surface area contributed by atoms with Gasteiger partial charge < -0.3 is 5.11 Å². The van der Waals surface area contributed by atoms with E-state index in [1.807, 2.05) is 0 Å². The van der Waals surface area contributed by atoms with Crippen molar-refractivity contribution in [1.82, 2.24) is 4.98 Å². The molecular formula is C9H6BrNO4S. The molecular weight excluding hydrogens is 298 g/mol. The van der Waals surface area contributed by atoms with Crippen molar-refractivity contribution in [3.05, 3.63) is 28.9 Å². The molecule has 0 saturated carbocycles. The van der Waals surface area contributed by atoms with Gasteiger partial charge in [0.05, 0.1) is 0 Å². The van der Waals surface area contributed by atoms with Crippen LogP contribution in [0.5, 0.6) is 5.75 Å². The average molecular weight is 304 g/mol. The highest BCUT2D eigenvalue weighted by atomic mass is 79.9. The summed E-state index contributed by atoms with van der Waals surface area (Å²) in [6, 6.07) is 3.76. The predicted molar refractivity (Wildman–Crippen MR) is 60.9 cm³/mol. The number of phenolic OH excluding ortho intramolecular Hbond substituents is 1. The molecule has 0 atom stereocenters. The summed E-state index contributed by atoms with van der Waals surface area (Å²) in [7, 11) is -4.33. The van der Waals surface area contributed by atoms with E-state index >= 15 is 0 Å². The topological polar surface area (TPSA) is 87.5 Å². The molecule has 1 aromatic heterocycles. The molecule has 84 valence electrons. The Labute approximate surface area is 99.6 Å². The predicted octanol–water partition coefficient (Wildman–Crippen LogP) is 1.95. The Bertz CT molecular complexity index is 669. The zero-order valence-electron chi connectivity index (χ0n) is 7.75. The van der Waals surface area contributed by atoms with Crippen LogP contribution in [0.3, 0.4) is 0 Å². The van der Waals surface area contributed by atoms with E-state index in [-0.39, 0.29) is 21.5 Å². The minimum absolute atomic E-state index is 0.123. The lowest BCUT2D eigenvalue weighted by Gasteiger charge is -2.05. The number of halogens is 1. The third kappa shape index (κ3) is 1.89. The van der Waals surface area contributed by atoms with E-state index in [1.54, 1.807) is 0 Å². The SMILES string of the molecule is O=S(=O)(O)c1ccc(O)c2ncc(Br)cc12. The maximum Gasteiger partial charge on any atom is 0.295 e. The summed E-state index contributed by atoms with van der Waals surface area (Å²) in [4.78, 5) is 3.60. The molecule has 16 heavy (non-hydrogen) atoms. The fourth-order valence-corrected chi connectivity index (χ4v) is 2.38. The molecule has 0 fully saturated rings. The number of rotatable bonds is 1. The summed E-state index contributed by atoms with van der Waals surface area (Å²) >= 11 is 3.14. The number of fused-ring (bicyclic) bond motifs is 1. The first-order valence-corrected chi connectivity index (χ1v) is 6.37. The maximum atomic E-state index is 11.1. The molecule has 0 aliphatic heterocycles. The fourth-order valence-electron chi connectivity index (χ4n) is 1.38. The number of phenols is 1. The monoisotopic (exact) mass is 303 g/mol. The van der Waals surface area contributed by atoms with E-state index in [1.165, 1.54) is 18.3 Å². The number of pyridine rings is 1. The summed E-state index contributed by atoms with van der Waals surface area (Å²) in [6.07, 6.45) is 1.43. The number of hydrogen-bond donors (Lipinski definition) is 2. The van der Waals surface area contributed by atoms with E-state index < -0.39 is 10.1 Å². The molecule has 1 aromatic carbocycles. The van der Waals surface area contributed by atoms with E-state index in [4.69, 9.17) is 4.55 Å². The Hall–Kier alpha value is -1.18. The van der Waals surface area contributed by atoms with E-state index in [9.17, 15) is 13.5 Å². The van der Waals surface area contributed by atoms with Crippen LogP contribution in [0.25, 0.3) is 10.9 Å². The van der Waals surface area contributed by atoms with Crippen LogP contribution in [0.1, 0.15) is 0 Å². The van der Waals surface area contributed by atoms with Crippen molar-refractivity contribution in [3.63, 3.8) is 0 Å². The number of benzene rings is 1. The molecule has 0 amide bonds. The molecule has 2 aromatic rings. The molecule has 1 heterocycles. The van der Waals surface area contributed by atoms with Crippen molar-refractivity contribution < 1.29 is 18.1 Å².